The topological polar surface area (TPSA) is 49.6 Å². The summed E-state index contributed by atoms with van der Waals surface area (Å²) in [6.07, 6.45) is 0. The normalized spacial score (nSPS) is 16.4. The molecule has 1 aromatic carbocycles. The van der Waals surface area contributed by atoms with Crippen molar-refractivity contribution >= 4 is 23.1 Å². The van der Waals surface area contributed by atoms with Gasteiger partial charge in [0.15, 0.2) is 0 Å². The van der Waals surface area contributed by atoms with Crippen molar-refractivity contribution in [3.05, 3.63) is 35.4 Å². The predicted molar refractivity (Wildman–Crippen MR) is 84.9 cm³/mol. The monoisotopic (exact) mass is 291 g/mol. The maximum Gasteiger partial charge on any atom is 0.253 e. The molecule has 1 fully saturated rings. The summed E-state index contributed by atoms with van der Waals surface area (Å²) in [5, 5.41) is 0. The molecular formula is C15H21N3OS. The third-order valence-corrected chi connectivity index (χ3v) is 3.98. The van der Waals surface area contributed by atoms with E-state index in [9.17, 15) is 4.79 Å². The second-order valence-corrected chi connectivity index (χ2v) is 5.80. The fraction of sp³-hybridized carbons (Fsp3) is 0.467. The van der Waals surface area contributed by atoms with Gasteiger partial charge in [-0.1, -0.05) is 24.4 Å². The van der Waals surface area contributed by atoms with Crippen molar-refractivity contribution in [3.8, 4) is 0 Å². The van der Waals surface area contributed by atoms with Crippen LogP contribution in [0, 0.1) is 0 Å². The van der Waals surface area contributed by atoms with E-state index in [1.54, 1.807) is 24.3 Å². The van der Waals surface area contributed by atoms with Gasteiger partial charge < -0.3 is 10.6 Å². The summed E-state index contributed by atoms with van der Waals surface area (Å²) in [6.45, 7) is 7.82. The summed E-state index contributed by atoms with van der Waals surface area (Å²) >= 11 is 4.91. The van der Waals surface area contributed by atoms with E-state index in [-0.39, 0.29) is 5.91 Å². The highest BCUT2D eigenvalue weighted by molar-refractivity contribution is 7.80. The highest BCUT2D eigenvalue weighted by Crippen LogP contribution is 2.11. The Kier molecular flexibility index (Phi) is 4.73. The maximum absolute atomic E-state index is 12.4. The van der Waals surface area contributed by atoms with Crippen molar-refractivity contribution < 1.29 is 4.79 Å². The van der Waals surface area contributed by atoms with Gasteiger partial charge >= 0.3 is 0 Å². The summed E-state index contributed by atoms with van der Waals surface area (Å²) in [4.78, 5) is 17.1. The molecule has 1 aromatic rings. The van der Waals surface area contributed by atoms with Crippen LogP contribution in [0.5, 0.6) is 0 Å². The van der Waals surface area contributed by atoms with E-state index < -0.39 is 0 Å². The Morgan fingerprint density at radius 1 is 1.10 bits per heavy atom. The fourth-order valence-electron chi connectivity index (χ4n) is 2.40. The number of rotatable bonds is 3. The highest BCUT2D eigenvalue weighted by atomic mass is 32.1. The minimum Gasteiger partial charge on any atom is -0.389 e. The van der Waals surface area contributed by atoms with E-state index in [1.807, 2.05) is 4.90 Å². The molecule has 1 aliphatic rings. The van der Waals surface area contributed by atoms with E-state index >= 15 is 0 Å². The molecule has 1 amide bonds. The van der Waals surface area contributed by atoms with Gasteiger partial charge in [-0.25, -0.2) is 0 Å². The summed E-state index contributed by atoms with van der Waals surface area (Å²) in [7, 11) is 0. The quantitative estimate of drug-likeness (QED) is 0.857. The van der Waals surface area contributed by atoms with Crippen LogP contribution in [-0.4, -0.2) is 52.9 Å². The van der Waals surface area contributed by atoms with Gasteiger partial charge in [0, 0.05) is 43.3 Å². The van der Waals surface area contributed by atoms with E-state index in [2.05, 4.69) is 18.7 Å². The first-order valence-corrected chi connectivity index (χ1v) is 7.33. The molecule has 0 saturated carbocycles. The Labute approximate surface area is 125 Å². The lowest BCUT2D eigenvalue weighted by Crippen LogP contribution is -2.50. The van der Waals surface area contributed by atoms with Crippen LogP contribution >= 0.6 is 12.2 Å². The lowest BCUT2D eigenvalue weighted by molar-refractivity contribution is 0.0595. The van der Waals surface area contributed by atoms with E-state index in [4.69, 9.17) is 18.0 Å². The number of nitrogens with zero attached hydrogens (tertiary/aromatic N) is 2. The van der Waals surface area contributed by atoms with E-state index in [0.717, 1.165) is 31.7 Å². The number of amides is 1. The second kappa shape index (κ2) is 6.33. The van der Waals surface area contributed by atoms with Gasteiger partial charge in [0.2, 0.25) is 0 Å². The number of benzene rings is 1. The second-order valence-electron chi connectivity index (χ2n) is 5.36. The molecule has 0 atom stereocenters. The molecule has 1 heterocycles. The molecule has 0 aliphatic carbocycles. The molecule has 1 aliphatic heterocycles. The van der Waals surface area contributed by atoms with Gasteiger partial charge in [-0.15, -0.1) is 0 Å². The van der Waals surface area contributed by atoms with Gasteiger partial charge in [0.1, 0.15) is 4.99 Å². The van der Waals surface area contributed by atoms with E-state index in [1.165, 1.54) is 0 Å². The molecule has 20 heavy (non-hydrogen) atoms. The number of hydrogen-bond donors (Lipinski definition) is 1. The smallest absolute Gasteiger partial charge is 0.253 e. The molecule has 1 saturated heterocycles. The van der Waals surface area contributed by atoms with Gasteiger partial charge in [-0.05, 0) is 26.0 Å². The minimum atomic E-state index is 0.0860. The molecule has 0 spiro atoms. The summed E-state index contributed by atoms with van der Waals surface area (Å²) in [5.41, 5.74) is 7.05. The zero-order valence-electron chi connectivity index (χ0n) is 12.0. The lowest BCUT2D eigenvalue weighted by Gasteiger charge is -2.37. The van der Waals surface area contributed by atoms with Crippen LogP contribution in [0.2, 0.25) is 0 Å². The van der Waals surface area contributed by atoms with Crippen LogP contribution in [0.1, 0.15) is 29.8 Å². The summed E-state index contributed by atoms with van der Waals surface area (Å²) < 4.78 is 0. The first kappa shape index (κ1) is 14.9. The van der Waals surface area contributed by atoms with Gasteiger partial charge in [-0.2, -0.15) is 0 Å². The molecule has 4 nitrogen and oxygen atoms in total. The van der Waals surface area contributed by atoms with Crippen molar-refractivity contribution in [1.82, 2.24) is 9.80 Å². The molecule has 5 heteroatoms. The molecule has 0 unspecified atom stereocenters. The van der Waals surface area contributed by atoms with Crippen molar-refractivity contribution in [1.29, 1.82) is 0 Å². The van der Waals surface area contributed by atoms with Crippen LogP contribution in [-0.2, 0) is 0 Å². The SMILES string of the molecule is CC(C)N1CCN(C(=O)c2ccc(C(N)=S)cc2)CC1. The highest BCUT2D eigenvalue weighted by Gasteiger charge is 2.23. The molecule has 0 aromatic heterocycles. The fourth-order valence-corrected chi connectivity index (χ4v) is 2.54. The van der Waals surface area contributed by atoms with E-state index in [0.29, 0.717) is 16.6 Å². The first-order chi connectivity index (χ1) is 9.49. The Hall–Kier alpha value is -1.46. The largest absolute Gasteiger partial charge is 0.389 e. The molecule has 108 valence electrons. The van der Waals surface area contributed by atoms with Crippen molar-refractivity contribution in [3.63, 3.8) is 0 Å². The van der Waals surface area contributed by atoms with Gasteiger partial charge in [-0.3, -0.25) is 9.69 Å². The average Bonchev–Trinajstić information content (AvgIpc) is 2.46. The lowest BCUT2D eigenvalue weighted by atomic mass is 10.1. The van der Waals surface area contributed by atoms with Crippen LogP contribution in [0.4, 0.5) is 0 Å². The van der Waals surface area contributed by atoms with Crippen molar-refractivity contribution in [2.24, 2.45) is 5.73 Å². The van der Waals surface area contributed by atoms with Crippen LogP contribution < -0.4 is 5.73 Å². The number of thiocarbonyl (C=S) groups is 1. The van der Waals surface area contributed by atoms with Gasteiger partial charge in [0.05, 0.1) is 0 Å². The van der Waals surface area contributed by atoms with Crippen LogP contribution in [0.25, 0.3) is 0 Å². The number of piperazine rings is 1. The third-order valence-electron chi connectivity index (χ3n) is 3.75. The molecule has 0 radical (unpaired) electrons. The number of carbonyl (C=O) groups excluding carboxylic acids is 1. The van der Waals surface area contributed by atoms with Crippen molar-refractivity contribution in [2.75, 3.05) is 26.2 Å². The zero-order chi connectivity index (χ0) is 14.7. The molecule has 2 rings (SSSR count). The van der Waals surface area contributed by atoms with Crippen molar-refractivity contribution in [2.45, 2.75) is 19.9 Å². The van der Waals surface area contributed by atoms with Crippen LogP contribution in [0.15, 0.2) is 24.3 Å². The summed E-state index contributed by atoms with van der Waals surface area (Å²) in [5.74, 6) is 0.0860. The number of hydrogen-bond acceptors (Lipinski definition) is 3. The minimum absolute atomic E-state index is 0.0860. The molecular weight excluding hydrogens is 270 g/mol. The van der Waals surface area contributed by atoms with Gasteiger partial charge in [0.25, 0.3) is 5.91 Å². The number of nitrogens with two attached hydrogens (primary N) is 1. The molecule has 0 bridgehead atoms. The first-order valence-electron chi connectivity index (χ1n) is 6.92. The Balaban J connectivity index is 2.00. The Morgan fingerprint density at radius 2 is 1.60 bits per heavy atom. The predicted octanol–water partition coefficient (Wildman–Crippen LogP) is 1.49. The average molecular weight is 291 g/mol. The Morgan fingerprint density at radius 3 is 2.05 bits per heavy atom. The number of carbonyl (C=O) groups is 1. The third kappa shape index (κ3) is 3.35. The maximum atomic E-state index is 12.4. The zero-order valence-corrected chi connectivity index (χ0v) is 12.8. The molecule has 2 N–H and O–H groups in total. The standard InChI is InChI=1S/C15H21N3OS/c1-11(2)17-7-9-18(10-8-17)15(19)13-5-3-12(4-6-13)14(16)20/h3-6,11H,7-10H2,1-2H3,(H2,16,20). The van der Waals surface area contributed by atoms with Crippen LogP contribution in [0.3, 0.4) is 0 Å². The summed E-state index contributed by atoms with van der Waals surface area (Å²) in [6, 6.07) is 7.74. The Bertz CT molecular complexity index is 490.